The average molecular weight is 374 g/mol. The summed E-state index contributed by atoms with van der Waals surface area (Å²) < 4.78 is 1.61. The van der Waals surface area contributed by atoms with E-state index in [1.54, 1.807) is 17.7 Å². The minimum atomic E-state index is -1.57. The Hall–Kier alpha value is -3.30. The Morgan fingerprint density at radius 2 is 1.96 bits per heavy atom. The summed E-state index contributed by atoms with van der Waals surface area (Å²) in [6.45, 7) is 12.3. The maximum Gasteiger partial charge on any atom is 0.272 e. The Balaban J connectivity index is 1.75. The van der Waals surface area contributed by atoms with E-state index in [-0.39, 0.29) is 18.7 Å². The zero-order valence-corrected chi connectivity index (χ0v) is 16.2. The smallest absolute Gasteiger partial charge is 0.272 e. The van der Waals surface area contributed by atoms with E-state index >= 15 is 0 Å². The van der Waals surface area contributed by atoms with Crippen LogP contribution in [0.2, 0.25) is 0 Å². The lowest BCUT2D eigenvalue weighted by molar-refractivity contribution is -0.136. The number of ketones is 1. The van der Waals surface area contributed by atoms with Gasteiger partial charge in [0.2, 0.25) is 0 Å². The third kappa shape index (κ3) is 4.16. The number of hydrogen-bond donors (Lipinski definition) is 1. The third-order valence-corrected chi connectivity index (χ3v) is 4.64. The van der Waals surface area contributed by atoms with Crippen molar-refractivity contribution in [2.75, 3.05) is 0 Å². The van der Waals surface area contributed by atoms with Crippen LogP contribution in [-0.2, 0) is 17.8 Å². The number of aliphatic hydroxyl groups is 1. The summed E-state index contributed by atoms with van der Waals surface area (Å²) in [5, 5.41) is 15.3. The topological polar surface area (TPSA) is 72.4 Å². The first kappa shape index (κ1) is 19.5. The summed E-state index contributed by atoms with van der Waals surface area (Å²) in [4.78, 5) is 20.1. The molecule has 0 radical (unpaired) electrons. The molecule has 2 heterocycles. The summed E-state index contributed by atoms with van der Waals surface area (Å²) >= 11 is 0. The number of Topliss-reactive ketones (excluding diaryl/α,β-unsaturated/α-hetero) is 1. The van der Waals surface area contributed by atoms with Crippen LogP contribution in [0.15, 0.2) is 48.8 Å². The number of rotatable bonds is 6. The number of hydrogen-bond acceptors (Lipinski definition) is 4. The minimum absolute atomic E-state index is 0.0465. The third-order valence-electron chi connectivity index (χ3n) is 4.64. The van der Waals surface area contributed by atoms with Crippen LogP contribution in [0.1, 0.15) is 23.6 Å². The molecule has 6 nitrogen and oxygen atoms in total. The summed E-state index contributed by atoms with van der Waals surface area (Å²) in [7, 11) is 0. The molecule has 0 amide bonds. The van der Waals surface area contributed by atoms with E-state index in [1.165, 1.54) is 13.1 Å². The first-order valence-electron chi connectivity index (χ1n) is 8.98. The Bertz CT molecular complexity index is 1050. The van der Waals surface area contributed by atoms with Gasteiger partial charge in [0.15, 0.2) is 5.78 Å². The number of aryl methyl sites for hydroxylation is 2. The Kier molecular flexibility index (Phi) is 5.39. The zero-order valence-electron chi connectivity index (χ0n) is 16.2. The van der Waals surface area contributed by atoms with Crippen molar-refractivity contribution in [1.82, 2.24) is 14.8 Å². The highest BCUT2D eigenvalue weighted by atomic mass is 16.3. The maximum atomic E-state index is 12.7. The van der Waals surface area contributed by atoms with Gasteiger partial charge in [0, 0.05) is 23.7 Å². The summed E-state index contributed by atoms with van der Waals surface area (Å²) in [6, 6.07) is 11.6. The lowest BCUT2D eigenvalue weighted by Crippen LogP contribution is -2.41. The first-order chi connectivity index (χ1) is 13.3. The molecule has 0 aliphatic carbocycles. The molecule has 2 aromatic heterocycles. The van der Waals surface area contributed by atoms with Gasteiger partial charge in [-0.05, 0) is 31.9 Å². The predicted octanol–water partition coefficient (Wildman–Crippen LogP) is 3.68. The molecule has 6 heteroatoms. The molecule has 0 bridgehead atoms. The molecular weight excluding hydrogens is 352 g/mol. The van der Waals surface area contributed by atoms with E-state index in [4.69, 9.17) is 6.57 Å². The molecule has 3 aromatic rings. The van der Waals surface area contributed by atoms with Crippen LogP contribution >= 0.6 is 0 Å². The van der Waals surface area contributed by atoms with E-state index < -0.39 is 5.60 Å². The molecular formula is C22H22N4O2. The van der Waals surface area contributed by atoms with Gasteiger partial charge in [-0.3, -0.25) is 9.48 Å². The lowest BCUT2D eigenvalue weighted by Gasteiger charge is -2.21. The number of benzene rings is 1. The molecule has 0 saturated carbocycles. The van der Waals surface area contributed by atoms with Crippen molar-refractivity contribution < 1.29 is 9.90 Å². The highest BCUT2D eigenvalue weighted by Gasteiger charge is 2.31. The second kappa shape index (κ2) is 7.75. The van der Waals surface area contributed by atoms with Gasteiger partial charge in [0.05, 0.1) is 12.2 Å². The molecule has 0 aliphatic rings. The average Bonchev–Trinajstić information content (AvgIpc) is 3.02. The highest BCUT2D eigenvalue weighted by Crippen LogP contribution is 2.23. The normalized spacial score (nSPS) is 13.0. The Morgan fingerprint density at radius 3 is 2.61 bits per heavy atom. The van der Waals surface area contributed by atoms with E-state index in [0.717, 1.165) is 22.4 Å². The van der Waals surface area contributed by atoms with E-state index in [2.05, 4.69) is 14.9 Å². The SMILES string of the molecule is [C-]#[N+]c1ncc(CC(=O)[C@@](C)(O)Cn2cc(C)c(-c3ccccc3)n2)cc1C. The second-order valence-corrected chi connectivity index (χ2v) is 7.19. The van der Waals surface area contributed by atoms with Crippen molar-refractivity contribution >= 4 is 11.6 Å². The number of carbonyl (C=O) groups excluding carboxylic acids is 1. The Labute approximate surface area is 164 Å². The maximum absolute atomic E-state index is 12.7. The standard InChI is InChI=1S/C22H22N4O2/c1-15-10-17(12-24-21(15)23-4)11-19(27)22(3,28)14-26-13-16(2)20(25-26)18-8-6-5-7-9-18/h5-10,12-13,28H,11,14H2,1-3H3/t22-/m0/s1. The van der Waals surface area contributed by atoms with Gasteiger partial charge in [-0.15, -0.1) is 4.98 Å². The van der Waals surface area contributed by atoms with Crippen molar-refractivity contribution in [2.45, 2.75) is 39.3 Å². The zero-order chi connectivity index (χ0) is 20.3. The minimum Gasteiger partial charge on any atom is -0.380 e. The molecule has 0 unspecified atom stereocenters. The largest absolute Gasteiger partial charge is 0.380 e. The molecule has 1 atom stereocenters. The van der Waals surface area contributed by atoms with Crippen LogP contribution in [0.5, 0.6) is 0 Å². The van der Waals surface area contributed by atoms with Gasteiger partial charge >= 0.3 is 0 Å². The molecule has 0 fully saturated rings. The molecule has 1 aromatic carbocycles. The molecule has 3 rings (SSSR count). The van der Waals surface area contributed by atoms with Crippen LogP contribution in [-0.4, -0.2) is 31.3 Å². The molecule has 0 spiro atoms. The van der Waals surface area contributed by atoms with E-state index in [0.29, 0.717) is 11.4 Å². The number of carbonyl (C=O) groups is 1. The van der Waals surface area contributed by atoms with Gasteiger partial charge in [0.1, 0.15) is 11.8 Å². The van der Waals surface area contributed by atoms with Gasteiger partial charge in [-0.1, -0.05) is 43.0 Å². The first-order valence-corrected chi connectivity index (χ1v) is 8.98. The van der Waals surface area contributed by atoms with E-state index in [1.807, 2.05) is 43.5 Å². The second-order valence-electron chi connectivity index (χ2n) is 7.19. The van der Waals surface area contributed by atoms with Crippen molar-refractivity contribution in [3.63, 3.8) is 0 Å². The van der Waals surface area contributed by atoms with Crippen molar-refractivity contribution in [1.29, 1.82) is 0 Å². The van der Waals surface area contributed by atoms with Crippen LogP contribution < -0.4 is 0 Å². The summed E-state index contributed by atoms with van der Waals surface area (Å²) in [5.74, 6) is 0.00194. The van der Waals surface area contributed by atoms with E-state index in [9.17, 15) is 9.90 Å². The van der Waals surface area contributed by atoms with Gasteiger partial charge in [-0.25, -0.2) is 0 Å². The van der Waals surface area contributed by atoms with Crippen LogP contribution in [0, 0.1) is 20.4 Å². The molecule has 0 saturated heterocycles. The van der Waals surface area contributed by atoms with Crippen molar-refractivity contribution in [3.8, 4) is 11.3 Å². The fourth-order valence-corrected chi connectivity index (χ4v) is 3.10. The lowest BCUT2D eigenvalue weighted by atomic mass is 9.95. The fraction of sp³-hybridized carbons (Fsp3) is 0.273. The summed E-state index contributed by atoms with van der Waals surface area (Å²) in [6.07, 6.45) is 3.39. The van der Waals surface area contributed by atoms with Crippen molar-refractivity contribution in [2.24, 2.45) is 0 Å². The van der Waals surface area contributed by atoms with Crippen LogP contribution in [0.25, 0.3) is 16.1 Å². The fourth-order valence-electron chi connectivity index (χ4n) is 3.10. The number of aromatic nitrogens is 3. The van der Waals surface area contributed by atoms with Crippen molar-refractivity contribution in [3.05, 3.63) is 76.9 Å². The molecule has 28 heavy (non-hydrogen) atoms. The highest BCUT2D eigenvalue weighted by molar-refractivity contribution is 5.88. The predicted molar refractivity (Wildman–Crippen MR) is 107 cm³/mol. The monoisotopic (exact) mass is 374 g/mol. The number of pyridine rings is 1. The van der Waals surface area contributed by atoms with Gasteiger partial charge in [0.25, 0.3) is 5.82 Å². The van der Waals surface area contributed by atoms with Crippen LogP contribution in [0.4, 0.5) is 5.82 Å². The quantitative estimate of drug-likeness (QED) is 0.668. The summed E-state index contributed by atoms with van der Waals surface area (Å²) in [5.41, 5.74) is 2.62. The molecule has 0 aliphatic heterocycles. The Morgan fingerprint density at radius 1 is 1.25 bits per heavy atom. The molecule has 1 N–H and O–H groups in total. The van der Waals surface area contributed by atoms with Gasteiger partial charge < -0.3 is 9.95 Å². The van der Waals surface area contributed by atoms with Crippen LogP contribution in [0.3, 0.4) is 0 Å². The number of nitrogens with zero attached hydrogens (tertiary/aromatic N) is 4. The van der Waals surface area contributed by atoms with Gasteiger partial charge in [-0.2, -0.15) is 5.10 Å². The molecule has 142 valence electrons.